The Balaban J connectivity index is 1.45. The van der Waals surface area contributed by atoms with Gasteiger partial charge in [-0.15, -0.1) is 0 Å². The molecule has 1 fully saturated rings. The fourth-order valence-electron chi connectivity index (χ4n) is 6.34. The minimum Gasteiger partial charge on any atom is -0.497 e. The van der Waals surface area contributed by atoms with Crippen molar-refractivity contribution in [1.82, 2.24) is 14.4 Å². The van der Waals surface area contributed by atoms with E-state index in [-0.39, 0.29) is 29.5 Å². The maximum atomic E-state index is 14.4. The highest BCUT2D eigenvalue weighted by atomic mass is 19.1. The molecule has 0 bridgehead atoms. The van der Waals surface area contributed by atoms with Crippen LogP contribution in [-0.2, 0) is 19.0 Å². The number of methoxy groups -OCH3 is 1. The zero-order valence-corrected chi connectivity index (χ0v) is 21.0. The van der Waals surface area contributed by atoms with Crippen LogP contribution in [0.15, 0.2) is 72.8 Å². The number of hydrogen-bond acceptors (Lipinski definition) is 4. The van der Waals surface area contributed by atoms with Crippen molar-refractivity contribution in [3.63, 3.8) is 0 Å². The highest BCUT2D eigenvalue weighted by molar-refractivity contribution is 5.96. The van der Waals surface area contributed by atoms with Crippen LogP contribution in [0.1, 0.15) is 33.2 Å². The molecule has 1 N–H and O–H groups in total. The molecule has 3 aromatic carbocycles. The fraction of sp³-hybridized carbons (Fsp3) is 0.300. The largest absolute Gasteiger partial charge is 0.497 e. The molecule has 0 unspecified atom stereocenters. The number of aliphatic hydroxyl groups excluding tert-OH is 1. The van der Waals surface area contributed by atoms with Crippen molar-refractivity contribution in [2.45, 2.75) is 18.0 Å². The second-order valence-electron chi connectivity index (χ2n) is 10.2. The summed E-state index contributed by atoms with van der Waals surface area (Å²) in [5, 5.41) is 11.7. The van der Waals surface area contributed by atoms with Crippen LogP contribution in [-0.4, -0.2) is 58.7 Å². The Morgan fingerprint density at radius 3 is 2.49 bits per heavy atom. The third kappa shape index (κ3) is 3.72. The molecule has 1 saturated heterocycles. The molecule has 6 nitrogen and oxygen atoms in total. The summed E-state index contributed by atoms with van der Waals surface area (Å²) in [5.41, 5.74) is 4.20. The van der Waals surface area contributed by atoms with E-state index >= 15 is 0 Å². The predicted octanol–water partition coefficient (Wildman–Crippen LogP) is 4.27. The van der Waals surface area contributed by atoms with Crippen molar-refractivity contribution in [3.8, 4) is 5.75 Å². The number of benzene rings is 3. The molecule has 2 aliphatic rings. The lowest BCUT2D eigenvalue weighted by Gasteiger charge is -2.56. The van der Waals surface area contributed by atoms with Gasteiger partial charge in [-0.3, -0.25) is 9.69 Å². The number of aryl methyl sites for hydroxylation is 1. The molecule has 7 heteroatoms. The van der Waals surface area contributed by atoms with Crippen LogP contribution in [0.3, 0.4) is 0 Å². The van der Waals surface area contributed by atoms with E-state index in [9.17, 15) is 14.3 Å². The van der Waals surface area contributed by atoms with Crippen molar-refractivity contribution in [2.75, 3.05) is 33.4 Å². The van der Waals surface area contributed by atoms with E-state index in [1.54, 1.807) is 30.2 Å². The van der Waals surface area contributed by atoms with Crippen molar-refractivity contribution in [3.05, 3.63) is 101 Å². The fourth-order valence-corrected chi connectivity index (χ4v) is 6.34. The molecule has 1 aromatic heterocycles. The Labute approximate surface area is 215 Å². The van der Waals surface area contributed by atoms with Gasteiger partial charge in [0.2, 0.25) is 0 Å². The summed E-state index contributed by atoms with van der Waals surface area (Å²) >= 11 is 0. The highest BCUT2D eigenvalue weighted by Crippen LogP contribution is 2.50. The third-order valence-corrected chi connectivity index (χ3v) is 8.03. The molecule has 0 radical (unpaired) electrons. The summed E-state index contributed by atoms with van der Waals surface area (Å²) in [6.45, 7) is 2.32. The van der Waals surface area contributed by atoms with Crippen LogP contribution in [0.5, 0.6) is 5.75 Å². The van der Waals surface area contributed by atoms with Crippen LogP contribution >= 0.6 is 0 Å². The van der Waals surface area contributed by atoms with Gasteiger partial charge in [-0.25, -0.2) is 4.39 Å². The van der Waals surface area contributed by atoms with Crippen LogP contribution in [0.2, 0.25) is 0 Å². The van der Waals surface area contributed by atoms with Crippen LogP contribution in [0.25, 0.3) is 10.9 Å². The van der Waals surface area contributed by atoms with E-state index in [0.717, 1.165) is 22.3 Å². The van der Waals surface area contributed by atoms with Gasteiger partial charge in [-0.1, -0.05) is 42.5 Å². The summed E-state index contributed by atoms with van der Waals surface area (Å²) in [4.78, 5) is 17.3. The van der Waals surface area contributed by atoms with Crippen molar-refractivity contribution in [2.24, 2.45) is 7.05 Å². The second-order valence-corrected chi connectivity index (χ2v) is 10.2. The number of hydrogen-bond donors (Lipinski definition) is 1. The first-order chi connectivity index (χ1) is 18.0. The molecule has 3 heterocycles. The van der Waals surface area contributed by atoms with Gasteiger partial charge in [0, 0.05) is 55.8 Å². The number of aromatic nitrogens is 1. The Bertz CT molecular complexity index is 1480. The Kier molecular flexibility index (Phi) is 5.77. The maximum Gasteiger partial charge on any atom is 0.256 e. The molecular weight excluding hydrogens is 469 g/mol. The van der Waals surface area contributed by atoms with Gasteiger partial charge in [-0.2, -0.15) is 0 Å². The normalized spacial score (nSPS) is 18.6. The molecule has 1 atom stereocenters. The lowest BCUT2D eigenvalue weighted by atomic mass is 9.68. The number of carbonyl (C=O) groups is 1. The van der Waals surface area contributed by atoms with Crippen molar-refractivity contribution in [1.29, 1.82) is 0 Å². The number of carbonyl (C=O) groups excluding carboxylic acids is 1. The van der Waals surface area contributed by atoms with Crippen molar-refractivity contribution >= 4 is 16.8 Å². The smallest absolute Gasteiger partial charge is 0.256 e. The first kappa shape index (κ1) is 23.7. The van der Waals surface area contributed by atoms with Gasteiger partial charge < -0.3 is 19.3 Å². The molecule has 4 aromatic rings. The minimum absolute atomic E-state index is 0.0188. The summed E-state index contributed by atoms with van der Waals surface area (Å²) in [7, 11) is 3.69. The van der Waals surface area contributed by atoms with E-state index in [1.807, 2.05) is 37.4 Å². The van der Waals surface area contributed by atoms with Crippen molar-refractivity contribution < 1.29 is 19.0 Å². The van der Waals surface area contributed by atoms with Crippen LogP contribution in [0, 0.1) is 5.82 Å². The predicted molar refractivity (Wildman–Crippen MR) is 140 cm³/mol. The number of likely N-dealkylation sites (tertiary alicyclic amines) is 1. The zero-order chi connectivity index (χ0) is 25.7. The van der Waals surface area contributed by atoms with E-state index in [0.29, 0.717) is 26.2 Å². The van der Waals surface area contributed by atoms with E-state index in [1.165, 1.54) is 17.2 Å². The number of halogens is 1. The van der Waals surface area contributed by atoms with E-state index < -0.39 is 5.82 Å². The van der Waals surface area contributed by atoms with Crippen LogP contribution < -0.4 is 4.74 Å². The number of rotatable bonds is 5. The number of nitrogens with zero attached hydrogens (tertiary/aromatic N) is 3. The molecule has 0 aliphatic carbocycles. The van der Waals surface area contributed by atoms with E-state index in [2.05, 4.69) is 27.7 Å². The first-order valence-corrected chi connectivity index (χ1v) is 12.6. The molecule has 190 valence electrons. The minimum atomic E-state index is -0.499. The Morgan fingerprint density at radius 2 is 1.78 bits per heavy atom. The molecule has 1 spiro atoms. The summed E-state index contributed by atoms with van der Waals surface area (Å²) in [6, 6.07) is 22.3. The average Bonchev–Trinajstić information content (AvgIpc) is 3.19. The van der Waals surface area contributed by atoms with Gasteiger partial charge >= 0.3 is 0 Å². The molecular formula is C30H30FN3O3. The number of aliphatic hydroxyl groups is 1. The monoisotopic (exact) mass is 499 g/mol. The molecule has 0 saturated carbocycles. The SMILES string of the molecule is COc1ccc2c3c(n(C)c2c1)[C@@H](CO)N(Cc1ccccc1)CC31CN(C(=O)c2ccccc2F)C1. The summed E-state index contributed by atoms with van der Waals surface area (Å²) in [5.74, 6) is -0.0155. The molecule has 2 aliphatic heterocycles. The van der Waals surface area contributed by atoms with Gasteiger partial charge in [0.15, 0.2) is 0 Å². The van der Waals surface area contributed by atoms with Gasteiger partial charge in [0.05, 0.1) is 30.8 Å². The zero-order valence-electron chi connectivity index (χ0n) is 21.0. The lowest BCUT2D eigenvalue weighted by molar-refractivity contribution is -0.00390. The number of amides is 1. The highest BCUT2D eigenvalue weighted by Gasteiger charge is 2.54. The number of ether oxygens (including phenoxy) is 1. The lowest BCUT2D eigenvalue weighted by Crippen LogP contribution is -2.67. The molecule has 6 rings (SSSR count). The van der Waals surface area contributed by atoms with Crippen LogP contribution in [0.4, 0.5) is 4.39 Å². The molecule has 1 amide bonds. The average molecular weight is 500 g/mol. The van der Waals surface area contributed by atoms with Gasteiger partial charge in [-0.05, 0) is 35.4 Å². The quantitative estimate of drug-likeness (QED) is 0.446. The maximum absolute atomic E-state index is 14.4. The number of fused-ring (bicyclic) bond motifs is 4. The first-order valence-electron chi connectivity index (χ1n) is 12.6. The summed E-state index contributed by atoms with van der Waals surface area (Å²) in [6.07, 6.45) is 0. The Hall–Kier alpha value is -3.68. The van der Waals surface area contributed by atoms with Gasteiger partial charge in [0.25, 0.3) is 5.91 Å². The topological polar surface area (TPSA) is 57.9 Å². The third-order valence-electron chi connectivity index (χ3n) is 8.03. The second kappa shape index (κ2) is 9.01. The van der Waals surface area contributed by atoms with E-state index in [4.69, 9.17) is 4.74 Å². The molecule has 37 heavy (non-hydrogen) atoms. The standard InChI is InChI=1S/C30H30FN3O3/c1-32-25-14-21(37-2)12-13-23(25)27-28(32)26(16-35)33(15-20-8-4-3-5-9-20)17-30(27)18-34(19-30)29(36)22-10-6-7-11-24(22)31/h3-14,26,35H,15-19H2,1-2H3/t26-/m1/s1. The summed E-state index contributed by atoms with van der Waals surface area (Å²) < 4.78 is 22.1. The van der Waals surface area contributed by atoms with Gasteiger partial charge in [0.1, 0.15) is 11.6 Å². The Morgan fingerprint density at radius 1 is 1.05 bits per heavy atom.